The number of hydrogen-bond donors (Lipinski definition) is 3. The molecule has 0 atom stereocenters. The zero-order valence-corrected chi connectivity index (χ0v) is 10.8. The maximum atomic E-state index is 11.9. The first kappa shape index (κ1) is 14.3. The monoisotopic (exact) mass is 288 g/mol. The van der Waals surface area contributed by atoms with Gasteiger partial charge < -0.3 is 20.1 Å². The Labute approximate surface area is 119 Å². The minimum Gasteiger partial charge on any atom is -0.482 e. The van der Waals surface area contributed by atoms with E-state index in [1.165, 1.54) is 30.6 Å². The first-order chi connectivity index (χ1) is 10.1. The van der Waals surface area contributed by atoms with Crippen LogP contribution < -0.4 is 15.5 Å². The van der Waals surface area contributed by atoms with Gasteiger partial charge in [0, 0.05) is 24.1 Å². The molecular formula is C14H12N2O5. The lowest BCUT2D eigenvalue weighted by molar-refractivity contribution is -0.139. The van der Waals surface area contributed by atoms with E-state index in [9.17, 15) is 14.4 Å². The van der Waals surface area contributed by atoms with Crippen LogP contribution in [0, 0.1) is 0 Å². The molecule has 1 aromatic heterocycles. The molecule has 7 heteroatoms. The second-order valence-electron chi connectivity index (χ2n) is 4.08. The topological polar surface area (TPSA) is 108 Å². The van der Waals surface area contributed by atoms with Crippen LogP contribution in [0.25, 0.3) is 0 Å². The average molecular weight is 288 g/mol. The standard InChI is InChI=1S/C14H12N2O5/c17-12-5-6-15-7-11(12)14(20)16-9-1-3-10(4-2-9)21-8-13(18)19/h1-7H,8H2,(H,15,17)(H,16,20)(H,18,19). The van der Waals surface area contributed by atoms with Crippen LogP contribution in [-0.2, 0) is 4.79 Å². The van der Waals surface area contributed by atoms with E-state index >= 15 is 0 Å². The minimum absolute atomic E-state index is 0.00343. The number of rotatable bonds is 5. The van der Waals surface area contributed by atoms with Crippen molar-refractivity contribution >= 4 is 17.6 Å². The van der Waals surface area contributed by atoms with Gasteiger partial charge in [-0.3, -0.25) is 9.59 Å². The summed E-state index contributed by atoms with van der Waals surface area (Å²) in [4.78, 5) is 36.4. The Morgan fingerprint density at radius 1 is 1.19 bits per heavy atom. The van der Waals surface area contributed by atoms with E-state index in [4.69, 9.17) is 9.84 Å². The maximum absolute atomic E-state index is 11.9. The number of carboxylic acids is 1. The molecule has 2 rings (SSSR count). The molecule has 0 aliphatic carbocycles. The average Bonchev–Trinajstić information content (AvgIpc) is 2.47. The number of nitrogens with one attached hydrogen (secondary N) is 2. The van der Waals surface area contributed by atoms with Crippen LogP contribution in [0.15, 0.2) is 47.5 Å². The van der Waals surface area contributed by atoms with Gasteiger partial charge in [-0.1, -0.05) is 0 Å². The van der Waals surface area contributed by atoms with Gasteiger partial charge in [-0.05, 0) is 24.3 Å². The largest absolute Gasteiger partial charge is 0.482 e. The second-order valence-corrected chi connectivity index (χ2v) is 4.08. The Kier molecular flexibility index (Phi) is 4.35. The third-order valence-electron chi connectivity index (χ3n) is 2.54. The number of carbonyl (C=O) groups is 2. The molecule has 7 nitrogen and oxygen atoms in total. The van der Waals surface area contributed by atoms with Gasteiger partial charge in [-0.15, -0.1) is 0 Å². The molecule has 1 amide bonds. The van der Waals surface area contributed by atoms with E-state index in [1.807, 2.05) is 0 Å². The van der Waals surface area contributed by atoms with Gasteiger partial charge >= 0.3 is 5.97 Å². The number of amides is 1. The van der Waals surface area contributed by atoms with Gasteiger partial charge in [-0.25, -0.2) is 4.79 Å². The SMILES string of the molecule is O=C(O)COc1ccc(NC(=O)c2c[nH]ccc2=O)cc1. The summed E-state index contributed by atoms with van der Waals surface area (Å²) in [6, 6.07) is 7.40. The van der Waals surface area contributed by atoms with Gasteiger partial charge in [0.05, 0.1) is 0 Å². The van der Waals surface area contributed by atoms with E-state index in [0.29, 0.717) is 11.4 Å². The summed E-state index contributed by atoms with van der Waals surface area (Å²) in [5.41, 5.74) is 0.0855. The van der Waals surface area contributed by atoms with Crippen molar-refractivity contribution in [2.45, 2.75) is 0 Å². The predicted octanol–water partition coefficient (Wildman–Crippen LogP) is 1.09. The first-order valence-corrected chi connectivity index (χ1v) is 5.99. The van der Waals surface area contributed by atoms with Crippen molar-refractivity contribution < 1.29 is 19.4 Å². The molecule has 1 heterocycles. The quantitative estimate of drug-likeness (QED) is 0.763. The van der Waals surface area contributed by atoms with Crippen molar-refractivity contribution in [2.24, 2.45) is 0 Å². The lowest BCUT2D eigenvalue weighted by Gasteiger charge is -2.06. The molecule has 2 aromatic rings. The highest BCUT2D eigenvalue weighted by atomic mass is 16.5. The van der Waals surface area contributed by atoms with Crippen LogP contribution in [0.1, 0.15) is 10.4 Å². The van der Waals surface area contributed by atoms with E-state index in [2.05, 4.69) is 10.3 Å². The zero-order chi connectivity index (χ0) is 15.2. The number of aliphatic carboxylic acids is 1. The molecule has 0 spiro atoms. The van der Waals surface area contributed by atoms with Crippen LogP contribution in [0.2, 0.25) is 0 Å². The summed E-state index contributed by atoms with van der Waals surface area (Å²) in [7, 11) is 0. The van der Waals surface area contributed by atoms with Crippen molar-refractivity contribution in [3.63, 3.8) is 0 Å². The second kappa shape index (κ2) is 6.38. The Balaban J connectivity index is 2.03. The summed E-state index contributed by atoms with van der Waals surface area (Å²) in [5, 5.41) is 11.0. The number of carbonyl (C=O) groups excluding carboxylic acids is 1. The number of carboxylic acid groups (broad SMARTS) is 1. The van der Waals surface area contributed by atoms with Gasteiger partial charge in [0.25, 0.3) is 5.91 Å². The molecule has 0 bridgehead atoms. The molecule has 0 aliphatic heterocycles. The predicted molar refractivity (Wildman–Crippen MR) is 74.6 cm³/mol. The normalized spacial score (nSPS) is 9.90. The third-order valence-corrected chi connectivity index (χ3v) is 2.54. The Morgan fingerprint density at radius 3 is 2.52 bits per heavy atom. The number of H-pyrrole nitrogens is 1. The first-order valence-electron chi connectivity index (χ1n) is 5.99. The van der Waals surface area contributed by atoms with Gasteiger partial charge in [-0.2, -0.15) is 0 Å². The van der Waals surface area contributed by atoms with Crippen LogP contribution in [0.3, 0.4) is 0 Å². The smallest absolute Gasteiger partial charge is 0.341 e. The molecular weight excluding hydrogens is 276 g/mol. The van der Waals surface area contributed by atoms with Crippen LogP contribution >= 0.6 is 0 Å². The lowest BCUT2D eigenvalue weighted by atomic mass is 10.2. The molecule has 0 fully saturated rings. The molecule has 0 unspecified atom stereocenters. The third kappa shape index (κ3) is 3.93. The highest BCUT2D eigenvalue weighted by molar-refractivity contribution is 6.03. The summed E-state index contributed by atoms with van der Waals surface area (Å²) >= 11 is 0. The maximum Gasteiger partial charge on any atom is 0.341 e. The number of aromatic amines is 1. The van der Waals surface area contributed by atoms with Gasteiger partial charge in [0.15, 0.2) is 12.0 Å². The highest BCUT2D eigenvalue weighted by Crippen LogP contribution is 2.16. The minimum atomic E-state index is -1.07. The molecule has 0 saturated heterocycles. The van der Waals surface area contributed by atoms with E-state index < -0.39 is 18.5 Å². The van der Waals surface area contributed by atoms with E-state index in [-0.39, 0.29) is 11.0 Å². The summed E-state index contributed by atoms with van der Waals surface area (Å²) in [6.45, 7) is -0.439. The van der Waals surface area contributed by atoms with Crippen molar-refractivity contribution in [1.29, 1.82) is 0 Å². The zero-order valence-electron chi connectivity index (χ0n) is 10.8. The van der Waals surface area contributed by atoms with Crippen molar-refractivity contribution in [3.8, 4) is 5.75 Å². The number of pyridine rings is 1. The Bertz CT molecular complexity index is 706. The fraction of sp³-hybridized carbons (Fsp3) is 0.0714. The molecule has 0 saturated carbocycles. The van der Waals surface area contributed by atoms with Crippen molar-refractivity contribution in [1.82, 2.24) is 4.98 Å². The number of ether oxygens (including phenoxy) is 1. The highest BCUT2D eigenvalue weighted by Gasteiger charge is 2.09. The summed E-state index contributed by atoms with van der Waals surface area (Å²) in [6.07, 6.45) is 2.76. The molecule has 108 valence electrons. The van der Waals surface area contributed by atoms with E-state index in [0.717, 1.165) is 0 Å². The molecule has 3 N–H and O–H groups in total. The van der Waals surface area contributed by atoms with Crippen molar-refractivity contribution in [3.05, 3.63) is 58.5 Å². The molecule has 21 heavy (non-hydrogen) atoms. The van der Waals surface area contributed by atoms with Gasteiger partial charge in [0.2, 0.25) is 0 Å². The van der Waals surface area contributed by atoms with E-state index in [1.54, 1.807) is 12.1 Å². The fourth-order valence-corrected chi connectivity index (χ4v) is 1.57. The van der Waals surface area contributed by atoms with Crippen LogP contribution in [-0.4, -0.2) is 28.6 Å². The van der Waals surface area contributed by atoms with Crippen LogP contribution in [0.4, 0.5) is 5.69 Å². The van der Waals surface area contributed by atoms with Crippen molar-refractivity contribution in [2.75, 3.05) is 11.9 Å². The number of aromatic nitrogens is 1. The fourth-order valence-electron chi connectivity index (χ4n) is 1.57. The Morgan fingerprint density at radius 2 is 1.90 bits per heavy atom. The lowest BCUT2D eigenvalue weighted by Crippen LogP contribution is -2.20. The number of hydrogen-bond acceptors (Lipinski definition) is 4. The molecule has 0 aliphatic rings. The Hall–Kier alpha value is -3.09. The van der Waals surface area contributed by atoms with Gasteiger partial charge in [0.1, 0.15) is 11.3 Å². The number of anilines is 1. The molecule has 1 aromatic carbocycles. The molecule has 0 radical (unpaired) electrons. The summed E-state index contributed by atoms with van der Waals surface area (Å²) < 4.78 is 4.96. The van der Waals surface area contributed by atoms with Crippen LogP contribution in [0.5, 0.6) is 5.75 Å². The summed E-state index contributed by atoms with van der Waals surface area (Å²) in [5.74, 6) is -1.24. The number of benzene rings is 1.